The van der Waals surface area contributed by atoms with Crippen molar-refractivity contribution in [3.63, 3.8) is 0 Å². The van der Waals surface area contributed by atoms with Crippen molar-refractivity contribution in [2.45, 2.75) is 39.5 Å². The number of hydrogen-bond donors (Lipinski definition) is 0. The number of rotatable bonds is 3. The molecule has 2 aromatic rings. The Morgan fingerprint density at radius 1 is 1.20 bits per heavy atom. The second-order valence-electron chi connectivity index (χ2n) is 5.97. The first kappa shape index (κ1) is 13.6. The molecule has 2 heterocycles. The molecular weight excluding hydrogens is 250 g/mol. The summed E-state index contributed by atoms with van der Waals surface area (Å²) in [7, 11) is 0. The van der Waals surface area contributed by atoms with Gasteiger partial charge in [0.15, 0.2) is 0 Å². The Labute approximate surface area is 120 Å². The van der Waals surface area contributed by atoms with Crippen LogP contribution in [0.15, 0.2) is 24.4 Å². The highest BCUT2D eigenvalue weighted by atomic mass is 16.5. The minimum atomic E-state index is 0.332. The molecule has 0 amide bonds. The highest BCUT2D eigenvalue weighted by molar-refractivity contribution is 5.78. The van der Waals surface area contributed by atoms with E-state index in [1.54, 1.807) is 0 Å². The number of fused-ring (bicyclic) bond motifs is 1. The molecule has 1 aliphatic rings. The van der Waals surface area contributed by atoms with Crippen LogP contribution in [0.4, 0.5) is 0 Å². The zero-order valence-corrected chi connectivity index (χ0v) is 12.5. The molecule has 0 bridgehead atoms. The summed E-state index contributed by atoms with van der Waals surface area (Å²) in [5.41, 5.74) is 2.37. The van der Waals surface area contributed by atoms with E-state index in [1.807, 2.05) is 0 Å². The van der Waals surface area contributed by atoms with Gasteiger partial charge >= 0.3 is 0 Å². The van der Waals surface area contributed by atoms with E-state index in [1.165, 1.54) is 10.9 Å². The SMILES string of the molecule is Cc1ccc2nn(CCN3C[C@H](C)O[C@@H](C)C3)cc2c1. The molecule has 1 fully saturated rings. The lowest BCUT2D eigenvalue weighted by Crippen LogP contribution is -2.46. The van der Waals surface area contributed by atoms with Gasteiger partial charge in [-0.15, -0.1) is 0 Å². The Morgan fingerprint density at radius 3 is 2.70 bits per heavy atom. The molecule has 0 unspecified atom stereocenters. The Hall–Kier alpha value is -1.39. The molecule has 0 aliphatic carbocycles. The summed E-state index contributed by atoms with van der Waals surface area (Å²) >= 11 is 0. The van der Waals surface area contributed by atoms with Crippen molar-refractivity contribution in [2.75, 3.05) is 19.6 Å². The quantitative estimate of drug-likeness (QED) is 0.860. The van der Waals surface area contributed by atoms with Crippen LogP contribution in [0.3, 0.4) is 0 Å². The lowest BCUT2D eigenvalue weighted by molar-refractivity contribution is -0.0687. The van der Waals surface area contributed by atoms with E-state index < -0.39 is 0 Å². The molecule has 1 aromatic carbocycles. The average molecular weight is 273 g/mol. The third-order valence-electron chi connectivity index (χ3n) is 3.85. The van der Waals surface area contributed by atoms with Gasteiger partial charge in [-0.25, -0.2) is 0 Å². The van der Waals surface area contributed by atoms with E-state index in [-0.39, 0.29) is 0 Å². The molecule has 0 spiro atoms. The first-order chi connectivity index (χ1) is 9.60. The second-order valence-corrected chi connectivity index (χ2v) is 5.97. The molecule has 20 heavy (non-hydrogen) atoms. The number of hydrogen-bond acceptors (Lipinski definition) is 3. The van der Waals surface area contributed by atoms with E-state index >= 15 is 0 Å². The molecule has 0 N–H and O–H groups in total. The largest absolute Gasteiger partial charge is 0.373 e. The number of ether oxygens (including phenoxy) is 1. The fourth-order valence-electron chi connectivity index (χ4n) is 3.02. The lowest BCUT2D eigenvalue weighted by atomic mass is 10.2. The van der Waals surface area contributed by atoms with Crippen LogP contribution >= 0.6 is 0 Å². The highest BCUT2D eigenvalue weighted by Crippen LogP contribution is 2.15. The van der Waals surface area contributed by atoms with Gasteiger partial charge in [0.1, 0.15) is 0 Å². The number of nitrogens with zero attached hydrogens (tertiary/aromatic N) is 3. The van der Waals surface area contributed by atoms with Gasteiger partial charge in [0.05, 0.1) is 24.3 Å². The third-order valence-corrected chi connectivity index (χ3v) is 3.85. The Bertz CT molecular complexity index is 582. The van der Waals surface area contributed by atoms with E-state index in [0.717, 1.165) is 31.7 Å². The molecule has 108 valence electrons. The van der Waals surface area contributed by atoms with Crippen molar-refractivity contribution in [3.8, 4) is 0 Å². The molecule has 1 aromatic heterocycles. The van der Waals surface area contributed by atoms with Gasteiger partial charge in [-0.3, -0.25) is 9.58 Å². The molecule has 1 saturated heterocycles. The Morgan fingerprint density at radius 2 is 1.95 bits per heavy atom. The monoisotopic (exact) mass is 273 g/mol. The van der Waals surface area contributed by atoms with Crippen LogP contribution < -0.4 is 0 Å². The highest BCUT2D eigenvalue weighted by Gasteiger charge is 2.21. The van der Waals surface area contributed by atoms with E-state index in [2.05, 4.69) is 59.8 Å². The van der Waals surface area contributed by atoms with E-state index in [0.29, 0.717) is 12.2 Å². The molecule has 1 aliphatic heterocycles. The van der Waals surface area contributed by atoms with Gasteiger partial charge in [-0.1, -0.05) is 11.6 Å². The lowest BCUT2D eigenvalue weighted by Gasteiger charge is -2.35. The van der Waals surface area contributed by atoms with Gasteiger partial charge in [-0.05, 0) is 32.9 Å². The standard InChI is InChI=1S/C16H23N3O/c1-12-4-5-16-15(8-12)11-19(17-16)7-6-18-9-13(2)20-14(3)10-18/h4-5,8,11,13-14H,6-7,9-10H2,1-3H3/t13-,14-/m0/s1. The summed E-state index contributed by atoms with van der Waals surface area (Å²) in [6.07, 6.45) is 2.81. The van der Waals surface area contributed by atoms with Crippen LogP contribution in [0.2, 0.25) is 0 Å². The van der Waals surface area contributed by atoms with Crippen molar-refractivity contribution in [3.05, 3.63) is 30.0 Å². The van der Waals surface area contributed by atoms with Crippen LogP contribution in [0, 0.1) is 6.92 Å². The van der Waals surface area contributed by atoms with Crippen LogP contribution in [-0.2, 0) is 11.3 Å². The van der Waals surface area contributed by atoms with Gasteiger partial charge < -0.3 is 4.74 Å². The second kappa shape index (κ2) is 5.54. The molecule has 0 saturated carbocycles. The minimum Gasteiger partial charge on any atom is -0.373 e. The van der Waals surface area contributed by atoms with Crippen LogP contribution in [0.5, 0.6) is 0 Å². The van der Waals surface area contributed by atoms with Gasteiger partial charge in [-0.2, -0.15) is 5.10 Å². The molecular formula is C16H23N3O. The van der Waals surface area contributed by atoms with E-state index in [9.17, 15) is 0 Å². The van der Waals surface area contributed by atoms with Crippen molar-refractivity contribution in [2.24, 2.45) is 0 Å². The van der Waals surface area contributed by atoms with Gasteiger partial charge in [0.25, 0.3) is 0 Å². The van der Waals surface area contributed by atoms with Crippen molar-refractivity contribution in [1.29, 1.82) is 0 Å². The third kappa shape index (κ3) is 3.02. The Balaban J connectivity index is 1.64. The molecule has 4 nitrogen and oxygen atoms in total. The maximum Gasteiger partial charge on any atom is 0.0923 e. The van der Waals surface area contributed by atoms with Crippen LogP contribution in [0.1, 0.15) is 19.4 Å². The fourth-order valence-corrected chi connectivity index (χ4v) is 3.02. The van der Waals surface area contributed by atoms with Crippen molar-refractivity contribution < 1.29 is 4.74 Å². The summed E-state index contributed by atoms with van der Waals surface area (Å²) < 4.78 is 7.83. The summed E-state index contributed by atoms with van der Waals surface area (Å²) in [5, 5.41) is 5.87. The first-order valence-corrected chi connectivity index (χ1v) is 7.42. The maximum atomic E-state index is 5.77. The topological polar surface area (TPSA) is 30.3 Å². The number of aromatic nitrogens is 2. The molecule has 4 heteroatoms. The maximum absolute atomic E-state index is 5.77. The molecule has 3 rings (SSSR count). The summed E-state index contributed by atoms with van der Waals surface area (Å²) in [6, 6.07) is 6.41. The van der Waals surface area contributed by atoms with Crippen LogP contribution in [-0.4, -0.2) is 46.5 Å². The van der Waals surface area contributed by atoms with Gasteiger partial charge in [0.2, 0.25) is 0 Å². The Kier molecular flexibility index (Phi) is 3.76. The summed E-state index contributed by atoms with van der Waals surface area (Å²) in [5.74, 6) is 0. The normalized spacial score (nSPS) is 24.4. The average Bonchev–Trinajstić information content (AvgIpc) is 2.77. The van der Waals surface area contributed by atoms with Crippen LogP contribution in [0.25, 0.3) is 10.9 Å². The molecule has 0 radical (unpaired) electrons. The summed E-state index contributed by atoms with van der Waals surface area (Å²) in [6.45, 7) is 10.4. The number of benzene rings is 1. The first-order valence-electron chi connectivity index (χ1n) is 7.42. The van der Waals surface area contributed by atoms with E-state index in [4.69, 9.17) is 4.74 Å². The smallest absolute Gasteiger partial charge is 0.0923 e. The number of morpholine rings is 1. The van der Waals surface area contributed by atoms with Crippen molar-refractivity contribution >= 4 is 10.9 Å². The number of aryl methyl sites for hydroxylation is 1. The van der Waals surface area contributed by atoms with Crippen molar-refractivity contribution in [1.82, 2.24) is 14.7 Å². The van der Waals surface area contributed by atoms with Gasteiger partial charge in [0, 0.05) is 31.2 Å². The minimum absolute atomic E-state index is 0.332. The zero-order valence-electron chi connectivity index (χ0n) is 12.5. The zero-order chi connectivity index (χ0) is 14.1. The fraction of sp³-hybridized carbons (Fsp3) is 0.562. The predicted octanol–water partition coefficient (Wildman–Crippen LogP) is 2.45. The molecule has 2 atom stereocenters. The summed E-state index contributed by atoms with van der Waals surface area (Å²) in [4.78, 5) is 2.47. The predicted molar refractivity (Wildman–Crippen MR) is 80.9 cm³/mol.